The lowest BCUT2D eigenvalue weighted by Gasteiger charge is -2.15. The fourth-order valence-electron chi connectivity index (χ4n) is 2.97. The van der Waals surface area contributed by atoms with E-state index in [0.29, 0.717) is 22.9 Å². The quantitative estimate of drug-likeness (QED) is 0.870. The number of carbonyl (C=O) groups excluding carboxylic acids is 1. The number of H-pyrrole nitrogens is 1. The van der Waals surface area contributed by atoms with Gasteiger partial charge in [-0.25, -0.2) is 0 Å². The number of nitrogens with one attached hydrogen (secondary N) is 2. The summed E-state index contributed by atoms with van der Waals surface area (Å²) in [6.07, 6.45) is 0. The minimum atomic E-state index is -0.253. The van der Waals surface area contributed by atoms with Gasteiger partial charge in [-0.05, 0) is 31.5 Å². The van der Waals surface area contributed by atoms with Crippen LogP contribution in [-0.2, 0) is 4.79 Å². The maximum absolute atomic E-state index is 12.6. The molecule has 0 aliphatic carbocycles. The van der Waals surface area contributed by atoms with E-state index in [1.54, 1.807) is 4.68 Å². The smallest absolute Gasteiger partial charge is 0.270 e. The molecule has 2 aliphatic heterocycles. The number of anilines is 1. The van der Waals surface area contributed by atoms with Crippen LogP contribution in [0.5, 0.6) is 11.5 Å². The van der Waals surface area contributed by atoms with Gasteiger partial charge in [-0.15, -0.1) is 11.8 Å². The summed E-state index contributed by atoms with van der Waals surface area (Å²) in [5.74, 6) is 2.08. The van der Waals surface area contributed by atoms with Crippen molar-refractivity contribution in [3.05, 3.63) is 39.7 Å². The third-order valence-corrected chi connectivity index (χ3v) is 5.35. The molecule has 0 radical (unpaired) electrons. The van der Waals surface area contributed by atoms with Crippen LogP contribution in [0.15, 0.2) is 23.0 Å². The highest BCUT2D eigenvalue weighted by Crippen LogP contribution is 2.43. The Morgan fingerprint density at radius 2 is 2.04 bits per heavy atom. The number of thioether (sulfide) groups is 1. The SMILES string of the molecule is CC(C)n1[nH]c(=O)c2c1NC(=O)CS[C@@H]2c1ccc2c(c1)OCO2. The van der Waals surface area contributed by atoms with Crippen LogP contribution < -0.4 is 20.3 Å². The van der Waals surface area contributed by atoms with E-state index in [1.807, 2.05) is 32.0 Å². The van der Waals surface area contributed by atoms with Gasteiger partial charge in [0.1, 0.15) is 5.82 Å². The van der Waals surface area contributed by atoms with Crippen molar-refractivity contribution in [2.45, 2.75) is 25.1 Å². The number of fused-ring (bicyclic) bond motifs is 2. The Morgan fingerprint density at radius 1 is 1.25 bits per heavy atom. The van der Waals surface area contributed by atoms with E-state index in [2.05, 4.69) is 10.4 Å². The predicted molar refractivity (Wildman–Crippen MR) is 90.9 cm³/mol. The standard InChI is InChI=1S/C16H17N3O4S/c1-8(2)19-15-13(16(21)18-19)14(24-6-12(20)17-15)9-3-4-10-11(5-9)23-7-22-10/h3-5,8,14H,6-7H2,1-2H3,(H,17,20)(H,18,21)/t14-/m1/s1. The van der Waals surface area contributed by atoms with Crippen molar-refractivity contribution in [3.63, 3.8) is 0 Å². The van der Waals surface area contributed by atoms with Crippen LogP contribution in [0, 0.1) is 0 Å². The minimum absolute atomic E-state index is 0.0299. The van der Waals surface area contributed by atoms with Gasteiger partial charge in [-0.2, -0.15) is 0 Å². The number of carbonyl (C=O) groups is 1. The third-order valence-electron chi connectivity index (χ3n) is 4.08. The Bertz CT molecular complexity index is 871. The number of hydrogen-bond donors (Lipinski definition) is 2. The van der Waals surface area contributed by atoms with Crippen LogP contribution in [-0.4, -0.2) is 28.2 Å². The highest BCUT2D eigenvalue weighted by Gasteiger charge is 2.31. The van der Waals surface area contributed by atoms with Crippen molar-refractivity contribution < 1.29 is 14.3 Å². The lowest BCUT2D eigenvalue weighted by Crippen LogP contribution is -2.17. The maximum atomic E-state index is 12.6. The molecule has 4 rings (SSSR count). The summed E-state index contributed by atoms with van der Waals surface area (Å²) in [7, 11) is 0. The van der Waals surface area contributed by atoms with Crippen LogP contribution in [0.25, 0.3) is 0 Å². The van der Waals surface area contributed by atoms with E-state index in [0.717, 1.165) is 5.56 Å². The van der Waals surface area contributed by atoms with Crippen molar-refractivity contribution in [1.29, 1.82) is 0 Å². The molecule has 2 aliphatic rings. The topological polar surface area (TPSA) is 85.4 Å². The van der Waals surface area contributed by atoms with Crippen LogP contribution >= 0.6 is 11.8 Å². The molecule has 0 saturated heterocycles. The Morgan fingerprint density at radius 3 is 2.83 bits per heavy atom. The number of nitrogens with zero attached hydrogens (tertiary/aromatic N) is 1. The molecule has 24 heavy (non-hydrogen) atoms. The summed E-state index contributed by atoms with van der Waals surface area (Å²) in [4.78, 5) is 24.7. The summed E-state index contributed by atoms with van der Waals surface area (Å²) >= 11 is 1.43. The van der Waals surface area contributed by atoms with Gasteiger partial charge in [0, 0.05) is 6.04 Å². The van der Waals surface area contributed by atoms with E-state index < -0.39 is 0 Å². The predicted octanol–water partition coefficient (Wildman–Crippen LogP) is 2.26. The van der Waals surface area contributed by atoms with E-state index in [1.165, 1.54) is 11.8 Å². The molecule has 0 fully saturated rings. The van der Waals surface area contributed by atoms with E-state index in [4.69, 9.17) is 9.47 Å². The number of aromatic amines is 1. The van der Waals surface area contributed by atoms with Crippen LogP contribution in [0.2, 0.25) is 0 Å². The normalized spacial score (nSPS) is 19.1. The molecule has 126 valence electrons. The van der Waals surface area contributed by atoms with Crippen molar-refractivity contribution in [1.82, 2.24) is 9.78 Å². The summed E-state index contributed by atoms with van der Waals surface area (Å²) in [5, 5.41) is 5.44. The first-order valence-corrected chi connectivity index (χ1v) is 8.75. The van der Waals surface area contributed by atoms with Gasteiger partial charge in [-0.3, -0.25) is 19.4 Å². The molecule has 7 nitrogen and oxygen atoms in total. The van der Waals surface area contributed by atoms with Crippen molar-refractivity contribution in [2.75, 3.05) is 17.9 Å². The molecule has 0 saturated carbocycles. The van der Waals surface area contributed by atoms with Crippen LogP contribution in [0.1, 0.15) is 36.3 Å². The second kappa shape index (κ2) is 5.62. The summed E-state index contributed by atoms with van der Waals surface area (Å²) in [5.41, 5.74) is 1.29. The van der Waals surface area contributed by atoms with E-state index in [9.17, 15) is 9.59 Å². The molecule has 1 amide bonds. The Labute approximate surface area is 142 Å². The highest BCUT2D eigenvalue weighted by molar-refractivity contribution is 8.00. The van der Waals surface area contributed by atoms with Gasteiger partial charge in [0.15, 0.2) is 11.5 Å². The number of hydrogen-bond acceptors (Lipinski definition) is 5. The Balaban J connectivity index is 1.86. The molecule has 3 heterocycles. The molecule has 2 N–H and O–H groups in total. The first kappa shape index (κ1) is 15.2. The molecule has 0 unspecified atom stereocenters. The van der Waals surface area contributed by atoms with Gasteiger partial charge in [-0.1, -0.05) is 6.07 Å². The van der Waals surface area contributed by atoms with Crippen molar-refractivity contribution >= 4 is 23.5 Å². The zero-order valence-electron chi connectivity index (χ0n) is 13.3. The number of ether oxygens (including phenoxy) is 2. The lowest BCUT2D eigenvalue weighted by atomic mass is 10.1. The molecule has 1 aromatic heterocycles. The largest absolute Gasteiger partial charge is 0.454 e. The molecule has 8 heteroatoms. The van der Waals surface area contributed by atoms with E-state index >= 15 is 0 Å². The zero-order chi connectivity index (χ0) is 16.8. The van der Waals surface area contributed by atoms with Gasteiger partial charge in [0.05, 0.1) is 16.6 Å². The number of rotatable bonds is 2. The van der Waals surface area contributed by atoms with Gasteiger partial charge < -0.3 is 14.8 Å². The number of aromatic nitrogens is 2. The van der Waals surface area contributed by atoms with Crippen LogP contribution in [0.3, 0.4) is 0 Å². The molecule has 0 spiro atoms. The minimum Gasteiger partial charge on any atom is -0.454 e. The molecular formula is C16H17N3O4S. The fraction of sp³-hybridized carbons (Fsp3) is 0.375. The second-order valence-corrected chi connectivity index (χ2v) is 7.11. The Kier molecular flexibility index (Phi) is 3.56. The van der Waals surface area contributed by atoms with Crippen LogP contribution in [0.4, 0.5) is 5.82 Å². The first-order valence-electron chi connectivity index (χ1n) is 7.70. The molecule has 1 atom stereocenters. The summed E-state index contributed by atoms with van der Waals surface area (Å²) in [6, 6.07) is 5.66. The van der Waals surface area contributed by atoms with Gasteiger partial charge in [0.2, 0.25) is 12.7 Å². The summed E-state index contributed by atoms with van der Waals surface area (Å²) in [6.45, 7) is 4.11. The highest BCUT2D eigenvalue weighted by atomic mass is 32.2. The molecule has 0 bridgehead atoms. The van der Waals surface area contributed by atoms with Crippen molar-refractivity contribution in [2.24, 2.45) is 0 Å². The number of benzene rings is 1. The molecule has 2 aromatic rings. The van der Waals surface area contributed by atoms with E-state index in [-0.39, 0.29) is 35.3 Å². The zero-order valence-corrected chi connectivity index (χ0v) is 14.1. The van der Waals surface area contributed by atoms with Gasteiger partial charge in [0.25, 0.3) is 5.56 Å². The summed E-state index contributed by atoms with van der Waals surface area (Å²) < 4.78 is 12.5. The van der Waals surface area contributed by atoms with Gasteiger partial charge >= 0.3 is 0 Å². The number of amides is 1. The maximum Gasteiger partial charge on any atom is 0.270 e. The second-order valence-electron chi connectivity index (χ2n) is 6.02. The monoisotopic (exact) mass is 347 g/mol. The average Bonchev–Trinajstić information content (AvgIpc) is 3.08. The fourth-order valence-corrected chi connectivity index (χ4v) is 4.09. The average molecular weight is 347 g/mol. The molecule has 1 aromatic carbocycles. The Hall–Kier alpha value is -2.35. The van der Waals surface area contributed by atoms with Crippen molar-refractivity contribution in [3.8, 4) is 11.5 Å². The first-order chi connectivity index (χ1) is 11.5. The lowest BCUT2D eigenvalue weighted by molar-refractivity contribution is -0.113. The molecular weight excluding hydrogens is 330 g/mol. The third kappa shape index (κ3) is 2.37.